The minimum absolute atomic E-state index is 0.0540. The SMILES string of the molecule is CC(NC(=O)C1CCCCN1)c1ccc(Cl)c(Cl)c1. The topological polar surface area (TPSA) is 41.1 Å². The first kappa shape index (κ1) is 14.6. The Bertz CT molecular complexity index is 459. The van der Waals surface area contributed by atoms with Gasteiger partial charge in [-0.15, -0.1) is 0 Å². The van der Waals surface area contributed by atoms with Gasteiger partial charge < -0.3 is 10.6 Å². The number of nitrogens with one attached hydrogen (secondary N) is 2. The number of amides is 1. The van der Waals surface area contributed by atoms with Gasteiger partial charge in [0.2, 0.25) is 5.91 Å². The summed E-state index contributed by atoms with van der Waals surface area (Å²) < 4.78 is 0. The van der Waals surface area contributed by atoms with Gasteiger partial charge in [-0.1, -0.05) is 35.7 Å². The molecule has 1 fully saturated rings. The number of hydrogen-bond acceptors (Lipinski definition) is 2. The lowest BCUT2D eigenvalue weighted by molar-refractivity contribution is -0.124. The van der Waals surface area contributed by atoms with Gasteiger partial charge in [0.15, 0.2) is 0 Å². The highest BCUT2D eigenvalue weighted by Crippen LogP contribution is 2.25. The molecule has 104 valence electrons. The Labute approximate surface area is 123 Å². The normalized spacial score (nSPS) is 20.9. The van der Waals surface area contributed by atoms with Crippen LogP contribution in [0, 0.1) is 0 Å². The van der Waals surface area contributed by atoms with Crippen LogP contribution in [0.1, 0.15) is 37.8 Å². The monoisotopic (exact) mass is 300 g/mol. The lowest BCUT2D eigenvalue weighted by Gasteiger charge is -2.24. The van der Waals surface area contributed by atoms with Crippen LogP contribution in [0.15, 0.2) is 18.2 Å². The largest absolute Gasteiger partial charge is 0.348 e. The summed E-state index contributed by atoms with van der Waals surface area (Å²) in [7, 11) is 0. The average Bonchev–Trinajstić information content (AvgIpc) is 2.42. The van der Waals surface area contributed by atoms with Gasteiger partial charge in [-0.2, -0.15) is 0 Å². The average molecular weight is 301 g/mol. The number of halogens is 2. The first-order valence-electron chi connectivity index (χ1n) is 6.56. The van der Waals surface area contributed by atoms with Gasteiger partial charge in [0.25, 0.3) is 0 Å². The van der Waals surface area contributed by atoms with Crippen LogP contribution >= 0.6 is 23.2 Å². The zero-order valence-electron chi connectivity index (χ0n) is 10.9. The van der Waals surface area contributed by atoms with E-state index in [1.165, 1.54) is 0 Å². The van der Waals surface area contributed by atoms with Gasteiger partial charge in [-0.25, -0.2) is 0 Å². The Morgan fingerprint density at radius 3 is 2.79 bits per heavy atom. The van der Waals surface area contributed by atoms with Crippen LogP contribution in [0.2, 0.25) is 10.0 Å². The van der Waals surface area contributed by atoms with Crippen LogP contribution in [0.5, 0.6) is 0 Å². The summed E-state index contributed by atoms with van der Waals surface area (Å²) in [5.74, 6) is 0.0540. The van der Waals surface area contributed by atoms with E-state index in [0.29, 0.717) is 10.0 Å². The van der Waals surface area contributed by atoms with E-state index >= 15 is 0 Å². The molecule has 1 amide bonds. The standard InChI is InChI=1S/C14H18Cl2N2O/c1-9(10-5-6-11(15)12(16)8-10)18-14(19)13-4-2-3-7-17-13/h5-6,8-9,13,17H,2-4,7H2,1H3,(H,18,19). The Hall–Kier alpha value is -0.770. The predicted molar refractivity (Wildman–Crippen MR) is 78.7 cm³/mol. The van der Waals surface area contributed by atoms with Gasteiger partial charge in [-0.05, 0) is 44.0 Å². The first-order valence-corrected chi connectivity index (χ1v) is 7.32. The maximum absolute atomic E-state index is 12.1. The lowest BCUT2D eigenvalue weighted by Crippen LogP contribution is -2.47. The molecule has 1 saturated heterocycles. The first-order chi connectivity index (χ1) is 9.08. The smallest absolute Gasteiger partial charge is 0.237 e. The summed E-state index contributed by atoms with van der Waals surface area (Å²) >= 11 is 11.9. The van der Waals surface area contributed by atoms with E-state index in [4.69, 9.17) is 23.2 Å². The fourth-order valence-electron chi connectivity index (χ4n) is 2.25. The van der Waals surface area contributed by atoms with Crippen LogP contribution in [0.3, 0.4) is 0 Å². The molecule has 0 aliphatic carbocycles. The summed E-state index contributed by atoms with van der Waals surface area (Å²) in [6.07, 6.45) is 3.15. The van der Waals surface area contributed by atoms with Crippen molar-refractivity contribution < 1.29 is 4.79 Å². The number of benzene rings is 1. The van der Waals surface area contributed by atoms with E-state index in [-0.39, 0.29) is 18.0 Å². The van der Waals surface area contributed by atoms with E-state index in [2.05, 4.69) is 10.6 Å². The number of rotatable bonds is 3. The molecule has 2 rings (SSSR count). The molecule has 1 aliphatic heterocycles. The van der Waals surface area contributed by atoms with Crippen molar-refractivity contribution >= 4 is 29.1 Å². The van der Waals surface area contributed by atoms with Crippen molar-refractivity contribution in [1.29, 1.82) is 0 Å². The summed E-state index contributed by atoms with van der Waals surface area (Å²) in [6.45, 7) is 2.86. The van der Waals surface area contributed by atoms with Crippen LogP contribution < -0.4 is 10.6 Å². The fraction of sp³-hybridized carbons (Fsp3) is 0.500. The second-order valence-electron chi connectivity index (χ2n) is 4.91. The van der Waals surface area contributed by atoms with E-state index in [1.54, 1.807) is 12.1 Å². The van der Waals surface area contributed by atoms with Crippen molar-refractivity contribution in [2.24, 2.45) is 0 Å². The van der Waals surface area contributed by atoms with Crippen molar-refractivity contribution in [3.05, 3.63) is 33.8 Å². The van der Waals surface area contributed by atoms with Crippen molar-refractivity contribution in [1.82, 2.24) is 10.6 Å². The molecule has 2 unspecified atom stereocenters. The van der Waals surface area contributed by atoms with Crippen LogP contribution in [-0.2, 0) is 4.79 Å². The van der Waals surface area contributed by atoms with Crippen molar-refractivity contribution in [3.63, 3.8) is 0 Å². The third kappa shape index (κ3) is 3.85. The molecule has 1 aliphatic rings. The number of piperidine rings is 1. The highest BCUT2D eigenvalue weighted by Gasteiger charge is 2.22. The Morgan fingerprint density at radius 2 is 2.16 bits per heavy atom. The van der Waals surface area contributed by atoms with Crippen LogP contribution in [0.4, 0.5) is 0 Å². The third-order valence-electron chi connectivity index (χ3n) is 3.43. The second-order valence-corrected chi connectivity index (χ2v) is 5.72. The van der Waals surface area contributed by atoms with E-state index in [0.717, 1.165) is 31.4 Å². The molecule has 2 atom stereocenters. The van der Waals surface area contributed by atoms with Crippen molar-refractivity contribution in [3.8, 4) is 0 Å². The molecule has 1 aromatic carbocycles. The van der Waals surface area contributed by atoms with Gasteiger partial charge in [0.05, 0.1) is 22.1 Å². The zero-order valence-corrected chi connectivity index (χ0v) is 12.4. The molecule has 1 aromatic rings. The molecule has 0 spiro atoms. The summed E-state index contributed by atoms with van der Waals surface area (Å²) in [5, 5.41) is 7.28. The second kappa shape index (κ2) is 6.60. The van der Waals surface area contributed by atoms with Gasteiger partial charge in [-0.3, -0.25) is 4.79 Å². The Kier molecular flexibility index (Phi) is 5.08. The lowest BCUT2D eigenvalue weighted by atomic mass is 10.0. The maximum atomic E-state index is 12.1. The number of carbonyl (C=O) groups excluding carboxylic acids is 1. The van der Waals surface area contributed by atoms with Gasteiger partial charge in [0, 0.05) is 0 Å². The zero-order chi connectivity index (χ0) is 13.8. The van der Waals surface area contributed by atoms with Crippen molar-refractivity contribution in [2.45, 2.75) is 38.3 Å². The Morgan fingerprint density at radius 1 is 1.37 bits per heavy atom. The van der Waals surface area contributed by atoms with Crippen molar-refractivity contribution in [2.75, 3.05) is 6.54 Å². The van der Waals surface area contributed by atoms with Gasteiger partial charge >= 0.3 is 0 Å². The highest BCUT2D eigenvalue weighted by atomic mass is 35.5. The molecule has 0 bridgehead atoms. The van der Waals surface area contributed by atoms with Crippen LogP contribution in [0.25, 0.3) is 0 Å². The number of hydrogen-bond donors (Lipinski definition) is 2. The predicted octanol–water partition coefficient (Wildman–Crippen LogP) is 3.31. The minimum atomic E-state index is -0.0778. The quantitative estimate of drug-likeness (QED) is 0.899. The molecule has 5 heteroatoms. The molecule has 0 saturated carbocycles. The van der Waals surface area contributed by atoms with E-state index in [1.807, 2.05) is 13.0 Å². The molecule has 19 heavy (non-hydrogen) atoms. The Balaban J connectivity index is 1.97. The molecular weight excluding hydrogens is 283 g/mol. The summed E-state index contributed by atoms with van der Waals surface area (Å²) in [4.78, 5) is 12.1. The summed E-state index contributed by atoms with van der Waals surface area (Å²) in [5.41, 5.74) is 0.957. The molecule has 2 N–H and O–H groups in total. The molecule has 1 heterocycles. The molecule has 3 nitrogen and oxygen atoms in total. The van der Waals surface area contributed by atoms with E-state index < -0.39 is 0 Å². The van der Waals surface area contributed by atoms with Gasteiger partial charge in [0.1, 0.15) is 0 Å². The fourth-order valence-corrected chi connectivity index (χ4v) is 2.56. The summed E-state index contributed by atoms with van der Waals surface area (Å²) in [6, 6.07) is 5.28. The molecule has 0 radical (unpaired) electrons. The highest BCUT2D eigenvalue weighted by molar-refractivity contribution is 6.42. The third-order valence-corrected chi connectivity index (χ3v) is 4.17. The number of carbonyl (C=O) groups is 1. The van der Waals surface area contributed by atoms with Crippen LogP contribution in [-0.4, -0.2) is 18.5 Å². The minimum Gasteiger partial charge on any atom is -0.348 e. The maximum Gasteiger partial charge on any atom is 0.237 e. The molecule has 0 aromatic heterocycles. The van der Waals surface area contributed by atoms with E-state index in [9.17, 15) is 4.79 Å². The molecular formula is C14H18Cl2N2O.